The third-order valence-electron chi connectivity index (χ3n) is 6.79. The lowest BCUT2D eigenvalue weighted by Crippen LogP contribution is -2.25. The van der Waals surface area contributed by atoms with Gasteiger partial charge in [-0.2, -0.15) is 0 Å². The molecular formula is C32H52N2. The van der Waals surface area contributed by atoms with E-state index in [1.165, 1.54) is 113 Å². The van der Waals surface area contributed by atoms with Gasteiger partial charge in [-0.3, -0.25) is 9.80 Å². The minimum atomic E-state index is 1.07. The Bertz CT molecular complexity index is 669. The van der Waals surface area contributed by atoms with Gasteiger partial charge >= 0.3 is 0 Å². The van der Waals surface area contributed by atoms with Gasteiger partial charge in [0, 0.05) is 13.1 Å². The van der Waals surface area contributed by atoms with E-state index in [9.17, 15) is 0 Å². The van der Waals surface area contributed by atoms with Crippen molar-refractivity contribution in [3.63, 3.8) is 0 Å². The standard InChI is InChI=1S/C32H52N2/c1-5-9-11-13-25-33(23-7-3)27-29-15-19-31(20-16-29)32-21-17-30(18-22-32)28-34(24-8-4)26-14-12-10-6-2/h15-22H,5-14,23-28H2,1-4H3. The average molecular weight is 465 g/mol. The van der Waals surface area contributed by atoms with Crippen LogP contribution < -0.4 is 0 Å². The highest BCUT2D eigenvalue weighted by atomic mass is 15.1. The fourth-order valence-electron chi connectivity index (χ4n) is 4.82. The minimum absolute atomic E-state index is 1.07. The summed E-state index contributed by atoms with van der Waals surface area (Å²) >= 11 is 0. The van der Waals surface area contributed by atoms with Crippen LogP contribution in [0.1, 0.15) is 103 Å². The SMILES string of the molecule is CCCCCCN(CCC)Cc1ccc(-c2ccc(CN(CCC)CCCCCC)cc2)cc1. The summed E-state index contributed by atoms with van der Waals surface area (Å²) < 4.78 is 0. The van der Waals surface area contributed by atoms with Crippen LogP contribution in [-0.2, 0) is 13.1 Å². The van der Waals surface area contributed by atoms with Crippen molar-refractivity contribution in [3.05, 3.63) is 59.7 Å². The quantitative estimate of drug-likeness (QED) is 0.191. The molecule has 0 saturated heterocycles. The van der Waals surface area contributed by atoms with E-state index in [0.717, 1.165) is 13.1 Å². The summed E-state index contributed by atoms with van der Waals surface area (Å²) in [6, 6.07) is 18.6. The lowest BCUT2D eigenvalue weighted by atomic mass is 10.0. The molecule has 0 fully saturated rings. The first-order valence-corrected chi connectivity index (χ1v) is 14.3. The van der Waals surface area contributed by atoms with E-state index in [0.29, 0.717) is 0 Å². The number of unbranched alkanes of at least 4 members (excludes halogenated alkanes) is 6. The van der Waals surface area contributed by atoms with E-state index in [4.69, 9.17) is 0 Å². The van der Waals surface area contributed by atoms with Crippen LogP contribution in [0.25, 0.3) is 11.1 Å². The van der Waals surface area contributed by atoms with Crippen molar-refractivity contribution in [2.45, 2.75) is 105 Å². The van der Waals surface area contributed by atoms with Crippen molar-refractivity contribution in [2.24, 2.45) is 0 Å². The molecule has 0 saturated carbocycles. The predicted octanol–water partition coefficient (Wildman–Crippen LogP) is 8.94. The Morgan fingerprint density at radius 2 is 0.794 bits per heavy atom. The van der Waals surface area contributed by atoms with E-state index < -0.39 is 0 Å². The van der Waals surface area contributed by atoms with Gasteiger partial charge in [-0.05, 0) is 74.1 Å². The zero-order valence-electron chi connectivity index (χ0n) is 22.8. The maximum Gasteiger partial charge on any atom is 0.0233 e. The van der Waals surface area contributed by atoms with Crippen LogP contribution >= 0.6 is 0 Å². The second-order valence-corrected chi connectivity index (χ2v) is 10.1. The van der Waals surface area contributed by atoms with Crippen LogP contribution in [0, 0.1) is 0 Å². The summed E-state index contributed by atoms with van der Waals surface area (Å²) in [5.74, 6) is 0. The average Bonchev–Trinajstić information content (AvgIpc) is 2.85. The van der Waals surface area contributed by atoms with Gasteiger partial charge in [0.05, 0.1) is 0 Å². The largest absolute Gasteiger partial charge is 0.299 e. The van der Waals surface area contributed by atoms with Crippen LogP contribution in [0.15, 0.2) is 48.5 Å². The van der Waals surface area contributed by atoms with E-state index in [1.54, 1.807) is 0 Å². The molecule has 2 rings (SSSR count). The molecule has 0 aliphatic rings. The Morgan fingerprint density at radius 1 is 0.412 bits per heavy atom. The lowest BCUT2D eigenvalue weighted by Gasteiger charge is -2.22. The fourth-order valence-corrected chi connectivity index (χ4v) is 4.82. The van der Waals surface area contributed by atoms with E-state index in [2.05, 4.69) is 86.0 Å². The first-order valence-electron chi connectivity index (χ1n) is 14.3. The molecule has 2 aromatic rings. The van der Waals surface area contributed by atoms with Crippen LogP contribution in [0.5, 0.6) is 0 Å². The Hall–Kier alpha value is -1.64. The van der Waals surface area contributed by atoms with Gasteiger partial charge in [0.25, 0.3) is 0 Å². The van der Waals surface area contributed by atoms with Gasteiger partial charge in [0.1, 0.15) is 0 Å². The van der Waals surface area contributed by atoms with Gasteiger partial charge in [0.2, 0.25) is 0 Å². The van der Waals surface area contributed by atoms with Gasteiger partial charge in [-0.15, -0.1) is 0 Å². The summed E-state index contributed by atoms with van der Waals surface area (Å²) in [5, 5.41) is 0. The second-order valence-electron chi connectivity index (χ2n) is 10.1. The Kier molecular flexibility index (Phi) is 14.9. The number of hydrogen-bond acceptors (Lipinski definition) is 2. The number of rotatable bonds is 19. The van der Waals surface area contributed by atoms with E-state index in [1.807, 2.05) is 0 Å². The summed E-state index contributed by atoms with van der Waals surface area (Å²) in [5.41, 5.74) is 5.51. The molecule has 0 atom stereocenters. The highest BCUT2D eigenvalue weighted by molar-refractivity contribution is 5.63. The topological polar surface area (TPSA) is 6.48 Å². The van der Waals surface area contributed by atoms with Gasteiger partial charge in [-0.1, -0.05) is 115 Å². The minimum Gasteiger partial charge on any atom is -0.299 e. The van der Waals surface area contributed by atoms with Crippen molar-refractivity contribution < 1.29 is 0 Å². The lowest BCUT2D eigenvalue weighted by molar-refractivity contribution is 0.259. The van der Waals surface area contributed by atoms with Crippen LogP contribution in [0.3, 0.4) is 0 Å². The second kappa shape index (κ2) is 17.7. The highest BCUT2D eigenvalue weighted by Crippen LogP contribution is 2.22. The molecular weight excluding hydrogens is 412 g/mol. The predicted molar refractivity (Wildman–Crippen MR) is 151 cm³/mol. The molecule has 0 N–H and O–H groups in total. The highest BCUT2D eigenvalue weighted by Gasteiger charge is 2.08. The Morgan fingerprint density at radius 3 is 1.12 bits per heavy atom. The first kappa shape index (κ1) is 28.6. The maximum absolute atomic E-state index is 2.63. The molecule has 2 nitrogen and oxygen atoms in total. The summed E-state index contributed by atoms with van der Waals surface area (Å²) in [6.07, 6.45) is 13.2. The van der Waals surface area contributed by atoms with E-state index in [-0.39, 0.29) is 0 Å². The number of benzene rings is 2. The number of hydrogen-bond donors (Lipinski definition) is 0. The van der Waals surface area contributed by atoms with Crippen molar-refractivity contribution in [2.75, 3.05) is 26.2 Å². The van der Waals surface area contributed by atoms with Gasteiger partial charge in [0.15, 0.2) is 0 Å². The fraction of sp³-hybridized carbons (Fsp3) is 0.625. The molecule has 2 aromatic carbocycles. The van der Waals surface area contributed by atoms with Crippen molar-refractivity contribution in [1.82, 2.24) is 9.80 Å². The van der Waals surface area contributed by atoms with Gasteiger partial charge < -0.3 is 0 Å². The molecule has 0 radical (unpaired) electrons. The summed E-state index contributed by atoms with van der Waals surface area (Å²) in [6.45, 7) is 16.2. The number of nitrogens with zero attached hydrogens (tertiary/aromatic N) is 2. The third kappa shape index (κ3) is 11.2. The maximum atomic E-state index is 2.63. The van der Waals surface area contributed by atoms with Crippen LogP contribution in [0.4, 0.5) is 0 Å². The van der Waals surface area contributed by atoms with Gasteiger partial charge in [-0.25, -0.2) is 0 Å². The zero-order chi connectivity index (χ0) is 24.4. The molecule has 0 bridgehead atoms. The molecule has 0 spiro atoms. The third-order valence-corrected chi connectivity index (χ3v) is 6.79. The normalized spacial score (nSPS) is 11.6. The molecule has 2 heteroatoms. The summed E-state index contributed by atoms with van der Waals surface area (Å²) in [4.78, 5) is 5.26. The summed E-state index contributed by atoms with van der Waals surface area (Å²) in [7, 11) is 0. The smallest absolute Gasteiger partial charge is 0.0233 e. The molecule has 0 aliphatic carbocycles. The van der Waals surface area contributed by atoms with Crippen molar-refractivity contribution in [1.29, 1.82) is 0 Å². The molecule has 0 unspecified atom stereocenters. The molecule has 0 aromatic heterocycles. The monoisotopic (exact) mass is 464 g/mol. The van der Waals surface area contributed by atoms with Crippen molar-refractivity contribution >= 4 is 0 Å². The molecule has 0 heterocycles. The first-order chi connectivity index (χ1) is 16.7. The zero-order valence-corrected chi connectivity index (χ0v) is 22.8. The molecule has 34 heavy (non-hydrogen) atoms. The van der Waals surface area contributed by atoms with Crippen LogP contribution in [0.2, 0.25) is 0 Å². The molecule has 0 aliphatic heterocycles. The Labute approximate surface area is 211 Å². The Balaban J connectivity index is 1.90. The van der Waals surface area contributed by atoms with Crippen LogP contribution in [-0.4, -0.2) is 36.0 Å². The van der Waals surface area contributed by atoms with Crippen molar-refractivity contribution in [3.8, 4) is 11.1 Å². The van der Waals surface area contributed by atoms with E-state index >= 15 is 0 Å². The molecule has 190 valence electrons. The molecule has 0 amide bonds.